The van der Waals surface area contributed by atoms with Crippen LogP contribution in [-0.4, -0.2) is 43.2 Å². The van der Waals surface area contributed by atoms with Gasteiger partial charge in [0.25, 0.3) is 0 Å². The number of nitrogens with zero attached hydrogens (tertiary/aromatic N) is 5. The van der Waals surface area contributed by atoms with Crippen LogP contribution in [0.2, 0.25) is 5.02 Å². The SMILES string of the molecule is CCN(CC)c1ccc(Nc2cc(N(Cc3ccc(N(C)C)cc3)C(=O)Nc3ccccc3Cl)ncn2)cc1. The first kappa shape index (κ1) is 27.7. The first-order valence-corrected chi connectivity index (χ1v) is 13.3. The highest BCUT2D eigenvalue weighted by molar-refractivity contribution is 6.33. The van der Waals surface area contributed by atoms with Crippen molar-refractivity contribution in [1.82, 2.24) is 9.97 Å². The molecule has 0 unspecified atom stereocenters. The van der Waals surface area contributed by atoms with Crippen LogP contribution in [0.4, 0.5) is 39.2 Å². The van der Waals surface area contributed by atoms with E-state index in [0.717, 1.165) is 35.7 Å². The number of rotatable bonds is 10. The van der Waals surface area contributed by atoms with E-state index in [-0.39, 0.29) is 6.03 Å². The van der Waals surface area contributed by atoms with Gasteiger partial charge in [0, 0.05) is 50.3 Å². The molecule has 0 saturated carbocycles. The number of amides is 2. The third-order valence-electron chi connectivity index (χ3n) is 6.35. The average molecular weight is 544 g/mol. The molecule has 0 aliphatic rings. The van der Waals surface area contributed by atoms with Crippen molar-refractivity contribution in [3.63, 3.8) is 0 Å². The Balaban J connectivity index is 1.59. The minimum absolute atomic E-state index is 0.305. The third kappa shape index (κ3) is 7.18. The zero-order valence-electron chi connectivity index (χ0n) is 22.7. The van der Waals surface area contributed by atoms with Crippen LogP contribution in [0.15, 0.2) is 85.2 Å². The van der Waals surface area contributed by atoms with Crippen molar-refractivity contribution in [2.24, 2.45) is 0 Å². The first-order chi connectivity index (χ1) is 18.9. The summed E-state index contributed by atoms with van der Waals surface area (Å²) in [6.07, 6.45) is 1.45. The van der Waals surface area contributed by atoms with E-state index in [4.69, 9.17) is 11.6 Å². The summed E-state index contributed by atoms with van der Waals surface area (Å²) in [6, 6.07) is 24.8. The molecule has 0 bridgehead atoms. The van der Waals surface area contributed by atoms with Crippen LogP contribution in [0, 0.1) is 0 Å². The number of carbonyl (C=O) groups is 1. The molecule has 0 aliphatic carbocycles. The second-order valence-electron chi connectivity index (χ2n) is 9.16. The average Bonchev–Trinajstić information content (AvgIpc) is 2.95. The highest BCUT2D eigenvalue weighted by Crippen LogP contribution is 2.26. The predicted octanol–water partition coefficient (Wildman–Crippen LogP) is 7.02. The molecule has 1 aromatic heterocycles. The number of nitrogens with one attached hydrogen (secondary N) is 2. The molecule has 2 amide bonds. The lowest BCUT2D eigenvalue weighted by Crippen LogP contribution is -2.35. The number of hydrogen-bond acceptors (Lipinski definition) is 6. The molecule has 1 heterocycles. The van der Waals surface area contributed by atoms with Gasteiger partial charge in [0.05, 0.1) is 17.3 Å². The van der Waals surface area contributed by atoms with E-state index in [2.05, 4.69) is 51.5 Å². The summed E-state index contributed by atoms with van der Waals surface area (Å²) in [7, 11) is 3.98. The summed E-state index contributed by atoms with van der Waals surface area (Å²) in [4.78, 5) is 28.2. The molecular weight excluding hydrogens is 510 g/mol. The largest absolute Gasteiger partial charge is 0.378 e. The molecule has 9 heteroatoms. The molecule has 0 fully saturated rings. The van der Waals surface area contributed by atoms with E-state index in [1.165, 1.54) is 6.33 Å². The van der Waals surface area contributed by atoms with Gasteiger partial charge in [-0.25, -0.2) is 14.8 Å². The maximum absolute atomic E-state index is 13.5. The molecule has 0 aliphatic heterocycles. The Morgan fingerprint density at radius 2 is 1.54 bits per heavy atom. The standard InChI is InChI=1S/C30H34ClN7O/c1-5-37(6-2)25-17-13-23(14-18-25)34-28-19-29(33-21-32-28)38(20-22-11-15-24(16-12-22)36(3)4)30(39)35-27-10-8-7-9-26(27)31/h7-19,21H,5-6,20H2,1-4H3,(H,35,39)(H,32,33,34). The summed E-state index contributed by atoms with van der Waals surface area (Å²) in [5, 5.41) is 6.70. The quantitative estimate of drug-likeness (QED) is 0.224. The van der Waals surface area contributed by atoms with Gasteiger partial charge in [0.15, 0.2) is 0 Å². The zero-order chi connectivity index (χ0) is 27.8. The van der Waals surface area contributed by atoms with E-state index in [9.17, 15) is 4.79 Å². The molecule has 4 aromatic rings. The lowest BCUT2D eigenvalue weighted by Gasteiger charge is -2.23. The van der Waals surface area contributed by atoms with E-state index in [0.29, 0.717) is 28.9 Å². The minimum Gasteiger partial charge on any atom is -0.378 e. The molecule has 2 N–H and O–H groups in total. The smallest absolute Gasteiger partial charge is 0.327 e. The fraction of sp³-hybridized carbons (Fsp3) is 0.233. The number of benzene rings is 3. The van der Waals surface area contributed by atoms with Gasteiger partial charge < -0.3 is 20.4 Å². The van der Waals surface area contributed by atoms with Crippen molar-refractivity contribution in [3.05, 3.63) is 95.8 Å². The van der Waals surface area contributed by atoms with Crippen LogP contribution < -0.4 is 25.3 Å². The molecule has 0 atom stereocenters. The van der Waals surface area contributed by atoms with Crippen LogP contribution in [0.25, 0.3) is 0 Å². The van der Waals surface area contributed by atoms with Crippen molar-refractivity contribution in [3.8, 4) is 0 Å². The number of anilines is 6. The Kier molecular flexibility index (Phi) is 9.22. The van der Waals surface area contributed by atoms with Crippen LogP contribution in [0.3, 0.4) is 0 Å². The minimum atomic E-state index is -0.354. The Morgan fingerprint density at radius 3 is 2.18 bits per heavy atom. The van der Waals surface area contributed by atoms with Crippen molar-refractivity contribution in [2.75, 3.05) is 52.5 Å². The zero-order valence-corrected chi connectivity index (χ0v) is 23.5. The molecule has 0 radical (unpaired) electrons. The van der Waals surface area contributed by atoms with Crippen LogP contribution >= 0.6 is 11.6 Å². The van der Waals surface area contributed by atoms with Crippen molar-refractivity contribution >= 4 is 52.0 Å². The summed E-state index contributed by atoms with van der Waals surface area (Å²) in [5.74, 6) is 1.03. The summed E-state index contributed by atoms with van der Waals surface area (Å²) >= 11 is 6.31. The van der Waals surface area contributed by atoms with Crippen molar-refractivity contribution in [1.29, 1.82) is 0 Å². The van der Waals surface area contributed by atoms with E-state index >= 15 is 0 Å². The predicted molar refractivity (Wildman–Crippen MR) is 163 cm³/mol. The van der Waals surface area contributed by atoms with Gasteiger partial charge in [-0.1, -0.05) is 35.9 Å². The van der Waals surface area contributed by atoms with Crippen LogP contribution in [0.1, 0.15) is 19.4 Å². The highest BCUT2D eigenvalue weighted by atomic mass is 35.5. The number of para-hydroxylation sites is 1. The second kappa shape index (κ2) is 13.0. The van der Waals surface area contributed by atoms with Gasteiger partial charge in [-0.2, -0.15) is 0 Å². The fourth-order valence-corrected chi connectivity index (χ4v) is 4.32. The number of urea groups is 1. The van der Waals surface area contributed by atoms with Crippen LogP contribution in [0.5, 0.6) is 0 Å². The van der Waals surface area contributed by atoms with Gasteiger partial charge in [-0.15, -0.1) is 0 Å². The van der Waals surface area contributed by atoms with Crippen LogP contribution in [-0.2, 0) is 6.54 Å². The second-order valence-corrected chi connectivity index (χ2v) is 9.57. The molecule has 202 valence electrons. The van der Waals surface area contributed by atoms with Gasteiger partial charge in [0.2, 0.25) is 0 Å². The third-order valence-corrected chi connectivity index (χ3v) is 6.68. The maximum atomic E-state index is 13.5. The van der Waals surface area contributed by atoms with Crippen molar-refractivity contribution < 1.29 is 4.79 Å². The number of aromatic nitrogens is 2. The highest BCUT2D eigenvalue weighted by Gasteiger charge is 2.20. The lowest BCUT2D eigenvalue weighted by molar-refractivity contribution is 0.256. The Labute approximate surface area is 235 Å². The molecule has 39 heavy (non-hydrogen) atoms. The lowest BCUT2D eigenvalue weighted by atomic mass is 10.2. The van der Waals surface area contributed by atoms with Gasteiger partial charge in [0.1, 0.15) is 18.0 Å². The molecule has 0 saturated heterocycles. The number of carbonyl (C=O) groups excluding carboxylic acids is 1. The molecule has 3 aromatic carbocycles. The number of halogens is 1. The normalized spacial score (nSPS) is 10.6. The molecule has 4 rings (SSSR count). The fourth-order valence-electron chi connectivity index (χ4n) is 4.14. The molecule has 8 nitrogen and oxygen atoms in total. The first-order valence-electron chi connectivity index (χ1n) is 12.9. The summed E-state index contributed by atoms with van der Waals surface area (Å²) in [6.45, 7) is 6.48. The Morgan fingerprint density at radius 1 is 0.872 bits per heavy atom. The van der Waals surface area contributed by atoms with E-state index < -0.39 is 0 Å². The summed E-state index contributed by atoms with van der Waals surface area (Å²) < 4.78 is 0. The summed E-state index contributed by atoms with van der Waals surface area (Å²) in [5.41, 5.74) is 4.61. The number of hydrogen-bond donors (Lipinski definition) is 2. The Bertz CT molecular complexity index is 1370. The molecular formula is C30H34ClN7O. The topological polar surface area (TPSA) is 76.6 Å². The monoisotopic (exact) mass is 543 g/mol. The Hall–Kier alpha value is -4.30. The maximum Gasteiger partial charge on any atom is 0.327 e. The van der Waals surface area contributed by atoms with Crippen molar-refractivity contribution in [2.45, 2.75) is 20.4 Å². The molecule has 0 spiro atoms. The van der Waals surface area contributed by atoms with E-state index in [1.807, 2.05) is 67.5 Å². The van der Waals surface area contributed by atoms with Gasteiger partial charge in [-0.3, -0.25) is 4.90 Å². The van der Waals surface area contributed by atoms with Gasteiger partial charge >= 0.3 is 6.03 Å². The van der Waals surface area contributed by atoms with Gasteiger partial charge in [-0.05, 0) is 67.9 Å². The van der Waals surface area contributed by atoms with E-state index in [1.54, 1.807) is 23.1 Å².